The number of nitrogens with one attached hydrogen (secondary N) is 1. The Labute approximate surface area is 84.2 Å². The van der Waals surface area contributed by atoms with Crippen LogP contribution in [0.2, 0.25) is 0 Å². The largest absolute Gasteiger partial charge is 0.364 e. The van der Waals surface area contributed by atoms with Crippen LogP contribution in [0.4, 0.5) is 0 Å². The SMILES string of the molecule is NCC1CCC(C(=O)NC2CCC2)O1. The topological polar surface area (TPSA) is 64.4 Å². The number of hydrogen-bond donors (Lipinski definition) is 2. The summed E-state index contributed by atoms with van der Waals surface area (Å²) in [6, 6.07) is 0.406. The van der Waals surface area contributed by atoms with Crippen LogP contribution in [0, 0.1) is 0 Å². The molecule has 0 aromatic heterocycles. The van der Waals surface area contributed by atoms with Crippen molar-refractivity contribution in [2.24, 2.45) is 5.73 Å². The maximum atomic E-state index is 11.6. The summed E-state index contributed by atoms with van der Waals surface area (Å²) in [5, 5.41) is 3.00. The van der Waals surface area contributed by atoms with Gasteiger partial charge in [0, 0.05) is 12.6 Å². The summed E-state index contributed by atoms with van der Waals surface area (Å²) in [5.41, 5.74) is 5.48. The van der Waals surface area contributed by atoms with Crippen LogP contribution in [0.25, 0.3) is 0 Å². The predicted molar refractivity (Wildman–Crippen MR) is 52.7 cm³/mol. The van der Waals surface area contributed by atoms with Crippen LogP contribution in [-0.4, -0.2) is 30.7 Å². The molecule has 0 aromatic carbocycles. The molecule has 4 heteroatoms. The van der Waals surface area contributed by atoms with Crippen molar-refractivity contribution in [1.82, 2.24) is 5.32 Å². The Balaban J connectivity index is 1.74. The molecule has 0 bridgehead atoms. The molecule has 2 aliphatic rings. The second-order valence-corrected chi connectivity index (χ2v) is 4.20. The van der Waals surface area contributed by atoms with E-state index in [1.54, 1.807) is 0 Å². The summed E-state index contributed by atoms with van der Waals surface area (Å²) in [4.78, 5) is 11.6. The number of nitrogens with two attached hydrogens (primary N) is 1. The van der Waals surface area contributed by atoms with E-state index in [0.29, 0.717) is 12.6 Å². The molecule has 1 heterocycles. The lowest BCUT2D eigenvalue weighted by molar-refractivity contribution is -0.133. The molecule has 1 saturated heterocycles. The van der Waals surface area contributed by atoms with Gasteiger partial charge >= 0.3 is 0 Å². The highest BCUT2D eigenvalue weighted by atomic mass is 16.5. The van der Waals surface area contributed by atoms with Crippen LogP contribution < -0.4 is 11.1 Å². The normalized spacial score (nSPS) is 32.6. The molecule has 2 unspecified atom stereocenters. The minimum Gasteiger partial charge on any atom is -0.364 e. The van der Waals surface area contributed by atoms with Gasteiger partial charge in [-0.1, -0.05) is 0 Å². The molecular formula is C10H18N2O2. The summed E-state index contributed by atoms with van der Waals surface area (Å²) in [7, 11) is 0. The lowest BCUT2D eigenvalue weighted by Crippen LogP contribution is -2.44. The molecule has 1 aliphatic heterocycles. The van der Waals surface area contributed by atoms with Gasteiger partial charge in [0.15, 0.2) is 0 Å². The van der Waals surface area contributed by atoms with E-state index in [2.05, 4.69) is 5.32 Å². The van der Waals surface area contributed by atoms with E-state index >= 15 is 0 Å². The molecule has 0 radical (unpaired) electrons. The maximum Gasteiger partial charge on any atom is 0.249 e. The smallest absolute Gasteiger partial charge is 0.249 e. The zero-order valence-corrected chi connectivity index (χ0v) is 8.37. The summed E-state index contributed by atoms with van der Waals surface area (Å²) < 4.78 is 5.50. The Kier molecular flexibility index (Phi) is 3.03. The zero-order valence-electron chi connectivity index (χ0n) is 8.37. The quantitative estimate of drug-likeness (QED) is 0.679. The fourth-order valence-corrected chi connectivity index (χ4v) is 1.92. The highest BCUT2D eigenvalue weighted by Gasteiger charge is 2.31. The first kappa shape index (κ1) is 9.93. The van der Waals surface area contributed by atoms with Crippen molar-refractivity contribution >= 4 is 5.91 Å². The van der Waals surface area contributed by atoms with Gasteiger partial charge in [-0.3, -0.25) is 4.79 Å². The van der Waals surface area contributed by atoms with Crippen LogP contribution in [0.5, 0.6) is 0 Å². The van der Waals surface area contributed by atoms with Crippen molar-refractivity contribution in [1.29, 1.82) is 0 Å². The van der Waals surface area contributed by atoms with Gasteiger partial charge in [0.05, 0.1) is 6.10 Å². The third-order valence-corrected chi connectivity index (χ3v) is 3.11. The van der Waals surface area contributed by atoms with Gasteiger partial charge in [0.2, 0.25) is 5.91 Å². The van der Waals surface area contributed by atoms with Crippen LogP contribution in [-0.2, 0) is 9.53 Å². The lowest BCUT2D eigenvalue weighted by atomic mass is 9.93. The Morgan fingerprint density at radius 2 is 2.14 bits per heavy atom. The van der Waals surface area contributed by atoms with E-state index in [4.69, 9.17) is 10.5 Å². The average Bonchev–Trinajstić information content (AvgIpc) is 2.59. The van der Waals surface area contributed by atoms with Crippen LogP contribution in [0.1, 0.15) is 32.1 Å². The molecule has 2 rings (SSSR count). The fourth-order valence-electron chi connectivity index (χ4n) is 1.92. The van der Waals surface area contributed by atoms with Gasteiger partial charge in [-0.15, -0.1) is 0 Å². The number of carbonyl (C=O) groups excluding carboxylic acids is 1. The van der Waals surface area contributed by atoms with Crippen molar-refractivity contribution in [3.63, 3.8) is 0 Å². The van der Waals surface area contributed by atoms with E-state index < -0.39 is 0 Å². The van der Waals surface area contributed by atoms with E-state index in [0.717, 1.165) is 25.7 Å². The van der Waals surface area contributed by atoms with Crippen LogP contribution in [0.3, 0.4) is 0 Å². The molecule has 1 saturated carbocycles. The second-order valence-electron chi connectivity index (χ2n) is 4.20. The van der Waals surface area contributed by atoms with Gasteiger partial charge in [0.25, 0.3) is 0 Å². The molecule has 1 aliphatic carbocycles. The van der Waals surface area contributed by atoms with Crippen LogP contribution >= 0.6 is 0 Å². The standard InChI is InChI=1S/C10H18N2O2/c11-6-8-4-5-9(14-8)10(13)12-7-2-1-3-7/h7-9H,1-6,11H2,(H,12,13). The van der Waals surface area contributed by atoms with Crippen molar-refractivity contribution < 1.29 is 9.53 Å². The first-order valence-corrected chi connectivity index (χ1v) is 5.45. The van der Waals surface area contributed by atoms with E-state index in [9.17, 15) is 4.79 Å². The van der Waals surface area contributed by atoms with Crippen molar-refractivity contribution in [3.05, 3.63) is 0 Å². The predicted octanol–water partition coefficient (Wildman–Crippen LogP) is 0.161. The lowest BCUT2D eigenvalue weighted by Gasteiger charge is -2.27. The van der Waals surface area contributed by atoms with Gasteiger partial charge in [-0.2, -0.15) is 0 Å². The molecule has 3 N–H and O–H groups in total. The van der Waals surface area contributed by atoms with Crippen molar-refractivity contribution in [2.75, 3.05) is 6.54 Å². The zero-order chi connectivity index (χ0) is 9.97. The third kappa shape index (κ3) is 2.07. The second kappa shape index (κ2) is 4.28. The number of carbonyl (C=O) groups is 1. The monoisotopic (exact) mass is 198 g/mol. The molecule has 0 aromatic rings. The Hall–Kier alpha value is -0.610. The molecule has 1 amide bonds. The van der Waals surface area contributed by atoms with Gasteiger partial charge < -0.3 is 15.8 Å². The van der Waals surface area contributed by atoms with Crippen molar-refractivity contribution in [2.45, 2.75) is 50.4 Å². The van der Waals surface area contributed by atoms with Gasteiger partial charge in [0.1, 0.15) is 6.10 Å². The Bertz CT molecular complexity index is 216. The number of hydrogen-bond acceptors (Lipinski definition) is 3. The number of amides is 1. The molecule has 2 atom stereocenters. The average molecular weight is 198 g/mol. The highest BCUT2D eigenvalue weighted by molar-refractivity contribution is 5.81. The van der Waals surface area contributed by atoms with Gasteiger partial charge in [-0.05, 0) is 32.1 Å². The van der Waals surface area contributed by atoms with Crippen LogP contribution in [0.15, 0.2) is 0 Å². The first-order valence-electron chi connectivity index (χ1n) is 5.45. The number of ether oxygens (including phenoxy) is 1. The molecular weight excluding hydrogens is 180 g/mol. The van der Waals surface area contributed by atoms with E-state index in [-0.39, 0.29) is 18.1 Å². The molecule has 80 valence electrons. The summed E-state index contributed by atoms with van der Waals surface area (Å²) in [6.45, 7) is 0.521. The number of rotatable bonds is 3. The maximum absolute atomic E-state index is 11.6. The Morgan fingerprint density at radius 1 is 1.36 bits per heavy atom. The molecule has 14 heavy (non-hydrogen) atoms. The summed E-state index contributed by atoms with van der Waals surface area (Å²) in [6.07, 6.45) is 5.07. The third-order valence-electron chi connectivity index (χ3n) is 3.11. The Morgan fingerprint density at radius 3 is 2.64 bits per heavy atom. The molecule has 4 nitrogen and oxygen atoms in total. The minimum atomic E-state index is -0.246. The van der Waals surface area contributed by atoms with Gasteiger partial charge in [-0.25, -0.2) is 0 Å². The molecule has 0 spiro atoms. The molecule has 2 fully saturated rings. The first-order chi connectivity index (χ1) is 6.79. The van der Waals surface area contributed by atoms with E-state index in [1.165, 1.54) is 6.42 Å². The van der Waals surface area contributed by atoms with Crippen molar-refractivity contribution in [3.8, 4) is 0 Å². The highest BCUT2D eigenvalue weighted by Crippen LogP contribution is 2.22. The fraction of sp³-hybridized carbons (Fsp3) is 0.900. The summed E-state index contributed by atoms with van der Waals surface area (Å²) in [5.74, 6) is 0.0608. The van der Waals surface area contributed by atoms with E-state index in [1.807, 2.05) is 0 Å². The minimum absolute atomic E-state index is 0.0608. The summed E-state index contributed by atoms with van der Waals surface area (Å²) >= 11 is 0.